The topological polar surface area (TPSA) is 60.2 Å². The van der Waals surface area contributed by atoms with Gasteiger partial charge in [-0.25, -0.2) is 8.42 Å². The predicted molar refractivity (Wildman–Crippen MR) is 51.7 cm³/mol. The first-order valence-corrected chi connectivity index (χ1v) is 5.96. The van der Waals surface area contributed by atoms with E-state index in [9.17, 15) is 8.42 Å². The van der Waals surface area contributed by atoms with Crippen LogP contribution in [0.5, 0.6) is 0 Å². The Morgan fingerprint density at radius 3 is 1.67 bits per heavy atom. The van der Waals surface area contributed by atoms with Crippen LogP contribution in [0.1, 0.15) is 27.7 Å². The van der Waals surface area contributed by atoms with E-state index in [2.05, 4.69) is 0 Å². The van der Waals surface area contributed by atoms with Crippen molar-refractivity contribution in [1.29, 1.82) is 0 Å². The molecule has 0 aromatic carbocycles. The van der Waals surface area contributed by atoms with Crippen LogP contribution in [0.3, 0.4) is 0 Å². The molecule has 0 aliphatic heterocycles. The van der Waals surface area contributed by atoms with Gasteiger partial charge in [0.1, 0.15) is 0 Å². The van der Waals surface area contributed by atoms with Gasteiger partial charge in [-0.1, -0.05) is 20.8 Å². The van der Waals surface area contributed by atoms with E-state index in [1.807, 2.05) is 20.8 Å². The van der Waals surface area contributed by atoms with Crippen LogP contribution in [0.15, 0.2) is 0 Å². The molecule has 0 aromatic heterocycles. The molecule has 0 unspecified atom stereocenters. The van der Waals surface area contributed by atoms with Crippen molar-refractivity contribution in [2.45, 2.75) is 39.0 Å². The fourth-order valence-corrected chi connectivity index (χ4v) is 1.91. The maximum atomic E-state index is 11.1. The SMILES string of the molecule is C[C@@H]([C@@H](N)C(C)(C)C)S(C)(=O)=O. The summed E-state index contributed by atoms with van der Waals surface area (Å²) in [6.07, 6.45) is 1.23. The normalized spacial score (nSPS) is 18.8. The molecule has 0 radical (unpaired) electrons. The van der Waals surface area contributed by atoms with Gasteiger partial charge in [-0.15, -0.1) is 0 Å². The lowest BCUT2D eigenvalue weighted by Crippen LogP contribution is -2.46. The summed E-state index contributed by atoms with van der Waals surface area (Å²) in [7, 11) is -3.01. The Balaban J connectivity index is 4.64. The first-order chi connectivity index (χ1) is 5.07. The largest absolute Gasteiger partial charge is 0.326 e. The first-order valence-electron chi connectivity index (χ1n) is 4.01. The number of rotatable bonds is 2. The van der Waals surface area contributed by atoms with E-state index in [4.69, 9.17) is 5.73 Å². The van der Waals surface area contributed by atoms with Crippen LogP contribution < -0.4 is 5.73 Å². The molecule has 0 fully saturated rings. The van der Waals surface area contributed by atoms with E-state index in [0.29, 0.717) is 0 Å². The van der Waals surface area contributed by atoms with Crippen molar-refractivity contribution in [3.63, 3.8) is 0 Å². The van der Waals surface area contributed by atoms with Crippen LogP contribution in [0.25, 0.3) is 0 Å². The van der Waals surface area contributed by atoms with E-state index in [1.165, 1.54) is 6.26 Å². The molecule has 0 spiro atoms. The van der Waals surface area contributed by atoms with Crippen molar-refractivity contribution >= 4 is 9.84 Å². The van der Waals surface area contributed by atoms with Gasteiger partial charge in [0.15, 0.2) is 9.84 Å². The molecule has 2 atom stereocenters. The summed E-state index contributed by atoms with van der Waals surface area (Å²) in [4.78, 5) is 0. The Bertz CT molecular complexity index is 238. The summed E-state index contributed by atoms with van der Waals surface area (Å²) < 4.78 is 22.3. The van der Waals surface area contributed by atoms with Crippen molar-refractivity contribution in [1.82, 2.24) is 0 Å². The quantitative estimate of drug-likeness (QED) is 0.705. The third-order valence-electron chi connectivity index (χ3n) is 2.18. The van der Waals surface area contributed by atoms with E-state index >= 15 is 0 Å². The summed E-state index contributed by atoms with van der Waals surface area (Å²) in [5.74, 6) is 0. The van der Waals surface area contributed by atoms with Gasteiger partial charge in [0.2, 0.25) is 0 Å². The Morgan fingerprint density at radius 1 is 1.25 bits per heavy atom. The van der Waals surface area contributed by atoms with Gasteiger partial charge in [-0.2, -0.15) is 0 Å². The molecule has 3 nitrogen and oxygen atoms in total. The second-order valence-corrected chi connectivity index (χ2v) is 6.83. The summed E-state index contributed by atoms with van der Waals surface area (Å²) in [5.41, 5.74) is 5.64. The number of hydrogen-bond acceptors (Lipinski definition) is 3. The van der Waals surface area contributed by atoms with Crippen LogP contribution in [0.4, 0.5) is 0 Å². The van der Waals surface area contributed by atoms with Crippen LogP contribution in [0.2, 0.25) is 0 Å². The fraction of sp³-hybridized carbons (Fsp3) is 1.00. The Morgan fingerprint density at radius 2 is 1.58 bits per heavy atom. The minimum absolute atomic E-state index is 0.164. The highest BCUT2D eigenvalue weighted by atomic mass is 32.2. The highest BCUT2D eigenvalue weighted by Gasteiger charge is 2.31. The number of hydrogen-bond donors (Lipinski definition) is 1. The van der Waals surface area contributed by atoms with Crippen molar-refractivity contribution < 1.29 is 8.42 Å². The molecule has 74 valence electrons. The molecule has 4 heteroatoms. The van der Waals surface area contributed by atoms with Gasteiger partial charge >= 0.3 is 0 Å². The lowest BCUT2D eigenvalue weighted by Gasteiger charge is -2.30. The molecule has 0 bridgehead atoms. The van der Waals surface area contributed by atoms with E-state index in [1.54, 1.807) is 6.92 Å². The van der Waals surface area contributed by atoms with E-state index < -0.39 is 15.1 Å². The lowest BCUT2D eigenvalue weighted by atomic mass is 9.86. The molecule has 0 aromatic rings. The van der Waals surface area contributed by atoms with Gasteiger partial charge in [0, 0.05) is 12.3 Å². The molecular weight excluding hydrogens is 174 g/mol. The highest BCUT2D eigenvalue weighted by molar-refractivity contribution is 7.91. The average molecular weight is 193 g/mol. The van der Waals surface area contributed by atoms with Crippen molar-refractivity contribution in [2.24, 2.45) is 11.1 Å². The van der Waals surface area contributed by atoms with Crippen molar-refractivity contribution in [2.75, 3.05) is 6.26 Å². The molecule has 0 rings (SSSR count). The summed E-state index contributed by atoms with van der Waals surface area (Å²) in [5, 5.41) is -0.475. The molecule has 0 aliphatic carbocycles. The molecular formula is C8H19NO2S. The van der Waals surface area contributed by atoms with Gasteiger partial charge in [0.05, 0.1) is 5.25 Å². The Hall–Kier alpha value is -0.0900. The van der Waals surface area contributed by atoms with E-state index in [0.717, 1.165) is 0 Å². The lowest BCUT2D eigenvalue weighted by molar-refractivity contribution is 0.314. The maximum Gasteiger partial charge on any atom is 0.151 e. The molecule has 2 N–H and O–H groups in total. The van der Waals surface area contributed by atoms with Crippen molar-refractivity contribution in [3.05, 3.63) is 0 Å². The van der Waals surface area contributed by atoms with Crippen LogP contribution in [-0.2, 0) is 9.84 Å². The number of sulfone groups is 1. The molecule has 12 heavy (non-hydrogen) atoms. The zero-order chi connectivity index (χ0) is 10.2. The summed E-state index contributed by atoms with van der Waals surface area (Å²) in [6.45, 7) is 7.49. The van der Waals surface area contributed by atoms with E-state index in [-0.39, 0.29) is 11.5 Å². The maximum absolute atomic E-state index is 11.1. The minimum atomic E-state index is -3.01. The Labute approximate surface area is 75.3 Å². The smallest absolute Gasteiger partial charge is 0.151 e. The van der Waals surface area contributed by atoms with Crippen LogP contribution in [0, 0.1) is 5.41 Å². The molecule has 0 amide bonds. The van der Waals surface area contributed by atoms with Gasteiger partial charge < -0.3 is 5.73 Å². The third-order valence-corrected chi connectivity index (χ3v) is 3.82. The van der Waals surface area contributed by atoms with Gasteiger partial charge in [-0.05, 0) is 12.3 Å². The summed E-state index contributed by atoms with van der Waals surface area (Å²) in [6, 6.07) is -0.313. The second kappa shape index (κ2) is 3.34. The molecule has 0 heterocycles. The monoisotopic (exact) mass is 193 g/mol. The molecule has 0 saturated heterocycles. The first kappa shape index (κ1) is 11.9. The standard InChI is InChI=1S/C8H19NO2S/c1-6(12(5,10)11)7(9)8(2,3)4/h6-7H,9H2,1-5H3/t6-,7+/m0/s1. The highest BCUT2D eigenvalue weighted by Crippen LogP contribution is 2.22. The van der Waals surface area contributed by atoms with Gasteiger partial charge in [-0.3, -0.25) is 0 Å². The fourth-order valence-electron chi connectivity index (χ4n) is 0.970. The summed E-state index contributed by atoms with van der Waals surface area (Å²) >= 11 is 0. The number of nitrogens with two attached hydrogens (primary N) is 1. The second-order valence-electron chi connectivity index (χ2n) is 4.43. The van der Waals surface area contributed by atoms with Crippen LogP contribution in [-0.4, -0.2) is 26.0 Å². The zero-order valence-corrected chi connectivity index (χ0v) is 9.27. The molecule has 0 saturated carbocycles. The third kappa shape index (κ3) is 3.11. The van der Waals surface area contributed by atoms with Crippen LogP contribution >= 0.6 is 0 Å². The Kier molecular flexibility index (Phi) is 3.32. The average Bonchev–Trinajstić information content (AvgIpc) is 1.80. The zero-order valence-electron chi connectivity index (χ0n) is 8.46. The molecule has 0 aliphatic rings. The minimum Gasteiger partial charge on any atom is -0.326 e. The van der Waals surface area contributed by atoms with Crippen molar-refractivity contribution in [3.8, 4) is 0 Å². The predicted octanol–water partition coefficient (Wildman–Crippen LogP) is 0.793. The van der Waals surface area contributed by atoms with Gasteiger partial charge in [0.25, 0.3) is 0 Å².